The topological polar surface area (TPSA) is 49.3 Å². The average Bonchev–Trinajstić information content (AvgIpc) is 2.70. The van der Waals surface area contributed by atoms with E-state index in [2.05, 4.69) is 40.0 Å². The van der Waals surface area contributed by atoms with Gasteiger partial charge in [0.25, 0.3) is 0 Å². The van der Waals surface area contributed by atoms with Crippen molar-refractivity contribution in [1.82, 2.24) is 5.32 Å². The summed E-state index contributed by atoms with van der Waals surface area (Å²) in [5, 5.41) is 11.9. The Morgan fingerprint density at radius 1 is 1.47 bits per heavy atom. The number of carboxylic acids is 1. The molecule has 1 aliphatic rings. The molecule has 2 rings (SSSR count). The normalized spacial score (nSPS) is 23.1. The molecule has 0 radical (unpaired) electrons. The van der Waals surface area contributed by atoms with Gasteiger partial charge in [0, 0.05) is 3.57 Å². The molecule has 0 saturated carbocycles. The van der Waals surface area contributed by atoms with E-state index < -0.39 is 5.97 Å². The maximum atomic E-state index is 10.8. The van der Waals surface area contributed by atoms with Crippen molar-refractivity contribution in [2.75, 3.05) is 6.54 Å². The predicted molar refractivity (Wildman–Crippen MR) is 77.6 cm³/mol. The molecule has 94 valence electrons. The highest BCUT2D eigenvalue weighted by Crippen LogP contribution is 2.22. The minimum absolute atomic E-state index is 0. The van der Waals surface area contributed by atoms with E-state index in [1.54, 1.807) is 0 Å². The second-order valence-electron chi connectivity index (χ2n) is 4.20. The van der Waals surface area contributed by atoms with Crippen LogP contribution in [-0.4, -0.2) is 23.7 Å². The SMILES string of the molecule is Cl.O=C(O)[C@@H]1C[C@@H](Cc2ccccc2I)CN1. The number of halogens is 2. The summed E-state index contributed by atoms with van der Waals surface area (Å²) >= 11 is 2.33. The van der Waals surface area contributed by atoms with Crippen LogP contribution in [0.2, 0.25) is 0 Å². The molecule has 2 N–H and O–H groups in total. The Hall–Kier alpha value is -0.330. The third kappa shape index (κ3) is 3.82. The molecule has 2 atom stereocenters. The molecule has 3 nitrogen and oxygen atoms in total. The molecule has 5 heteroatoms. The predicted octanol–water partition coefficient (Wildman–Crippen LogP) is 2.32. The summed E-state index contributed by atoms with van der Waals surface area (Å²) in [5.41, 5.74) is 1.32. The minimum Gasteiger partial charge on any atom is -0.480 e. The number of aliphatic carboxylic acids is 1. The van der Waals surface area contributed by atoms with Crippen LogP contribution in [-0.2, 0) is 11.2 Å². The number of carbonyl (C=O) groups is 1. The molecule has 0 aromatic heterocycles. The van der Waals surface area contributed by atoms with Crippen LogP contribution in [0.3, 0.4) is 0 Å². The van der Waals surface area contributed by atoms with Gasteiger partial charge in [-0.05, 0) is 59.5 Å². The maximum absolute atomic E-state index is 10.8. The van der Waals surface area contributed by atoms with E-state index in [1.807, 2.05) is 12.1 Å². The summed E-state index contributed by atoms with van der Waals surface area (Å²) in [6, 6.07) is 7.92. The van der Waals surface area contributed by atoms with Crippen LogP contribution >= 0.6 is 35.0 Å². The lowest BCUT2D eigenvalue weighted by Gasteiger charge is -2.09. The first-order chi connectivity index (χ1) is 7.66. The molecular formula is C12H15ClINO2. The van der Waals surface area contributed by atoms with Gasteiger partial charge in [-0.1, -0.05) is 18.2 Å². The summed E-state index contributed by atoms with van der Waals surface area (Å²) in [6.07, 6.45) is 1.70. The van der Waals surface area contributed by atoms with Crippen LogP contribution in [0.5, 0.6) is 0 Å². The van der Waals surface area contributed by atoms with Gasteiger partial charge in [0.05, 0.1) is 0 Å². The Labute approximate surface area is 121 Å². The van der Waals surface area contributed by atoms with Crippen LogP contribution < -0.4 is 5.32 Å². The number of benzene rings is 1. The zero-order valence-corrected chi connectivity index (χ0v) is 12.2. The van der Waals surface area contributed by atoms with Gasteiger partial charge >= 0.3 is 5.97 Å². The molecule has 0 spiro atoms. The molecule has 1 aromatic rings. The molecular weight excluding hydrogens is 352 g/mol. The zero-order chi connectivity index (χ0) is 11.5. The van der Waals surface area contributed by atoms with Crippen LogP contribution in [0.4, 0.5) is 0 Å². The average molecular weight is 368 g/mol. The van der Waals surface area contributed by atoms with Crippen LogP contribution in [0.1, 0.15) is 12.0 Å². The molecule has 0 amide bonds. The summed E-state index contributed by atoms with van der Waals surface area (Å²) in [6.45, 7) is 0.807. The van der Waals surface area contributed by atoms with Crippen molar-refractivity contribution in [2.45, 2.75) is 18.9 Å². The van der Waals surface area contributed by atoms with E-state index in [-0.39, 0.29) is 18.4 Å². The van der Waals surface area contributed by atoms with Gasteiger partial charge in [-0.15, -0.1) is 12.4 Å². The van der Waals surface area contributed by atoms with E-state index in [4.69, 9.17) is 5.11 Å². The van der Waals surface area contributed by atoms with Crippen molar-refractivity contribution in [2.24, 2.45) is 5.92 Å². The van der Waals surface area contributed by atoms with Crippen molar-refractivity contribution in [3.63, 3.8) is 0 Å². The fourth-order valence-corrected chi connectivity index (χ4v) is 2.74. The molecule has 1 aliphatic heterocycles. The standard InChI is InChI=1S/C12H14INO2.ClH/c13-10-4-2-1-3-9(10)5-8-6-11(12(15)16)14-7-8;/h1-4,8,11,14H,5-7H2,(H,15,16);1H/t8-,11+;/m1./s1. The minimum atomic E-state index is -0.731. The fourth-order valence-electron chi connectivity index (χ4n) is 2.13. The molecule has 1 saturated heterocycles. The monoisotopic (exact) mass is 367 g/mol. The highest BCUT2D eigenvalue weighted by molar-refractivity contribution is 14.1. The third-order valence-electron chi connectivity index (χ3n) is 2.99. The van der Waals surface area contributed by atoms with Gasteiger partial charge in [-0.2, -0.15) is 0 Å². The van der Waals surface area contributed by atoms with Gasteiger partial charge in [0.15, 0.2) is 0 Å². The number of rotatable bonds is 3. The molecule has 0 unspecified atom stereocenters. The van der Waals surface area contributed by atoms with Gasteiger partial charge in [0.2, 0.25) is 0 Å². The lowest BCUT2D eigenvalue weighted by Crippen LogP contribution is -2.29. The summed E-state index contributed by atoms with van der Waals surface area (Å²) in [5.74, 6) is -0.290. The van der Waals surface area contributed by atoms with E-state index in [0.29, 0.717) is 5.92 Å². The zero-order valence-electron chi connectivity index (χ0n) is 9.23. The molecule has 1 heterocycles. The number of carboxylic acid groups (broad SMARTS) is 1. The van der Waals surface area contributed by atoms with E-state index >= 15 is 0 Å². The second-order valence-corrected chi connectivity index (χ2v) is 5.36. The quantitative estimate of drug-likeness (QED) is 0.806. The first kappa shape index (κ1) is 14.7. The van der Waals surface area contributed by atoms with E-state index in [1.165, 1.54) is 9.13 Å². The smallest absolute Gasteiger partial charge is 0.320 e. The first-order valence-electron chi connectivity index (χ1n) is 5.36. The number of hydrogen-bond acceptors (Lipinski definition) is 2. The van der Waals surface area contributed by atoms with Gasteiger partial charge < -0.3 is 10.4 Å². The van der Waals surface area contributed by atoms with E-state index in [9.17, 15) is 4.79 Å². The van der Waals surface area contributed by atoms with Crippen LogP contribution in [0.15, 0.2) is 24.3 Å². The van der Waals surface area contributed by atoms with Crippen molar-refractivity contribution >= 4 is 41.0 Å². The van der Waals surface area contributed by atoms with Gasteiger partial charge in [0.1, 0.15) is 6.04 Å². The van der Waals surface area contributed by atoms with Crippen LogP contribution in [0, 0.1) is 9.49 Å². The summed E-state index contributed by atoms with van der Waals surface area (Å²) < 4.78 is 1.26. The first-order valence-corrected chi connectivity index (χ1v) is 6.44. The number of hydrogen-bond donors (Lipinski definition) is 2. The van der Waals surface area contributed by atoms with E-state index in [0.717, 1.165) is 19.4 Å². The van der Waals surface area contributed by atoms with Gasteiger partial charge in [-0.25, -0.2) is 0 Å². The Balaban J connectivity index is 0.00000144. The number of nitrogens with one attached hydrogen (secondary N) is 1. The highest BCUT2D eigenvalue weighted by atomic mass is 127. The molecule has 0 aliphatic carbocycles. The van der Waals surface area contributed by atoms with Gasteiger partial charge in [-0.3, -0.25) is 4.79 Å². The van der Waals surface area contributed by atoms with Crippen molar-refractivity contribution in [1.29, 1.82) is 0 Å². The third-order valence-corrected chi connectivity index (χ3v) is 4.04. The molecule has 17 heavy (non-hydrogen) atoms. The summed E-state index contributed by atoms with van der Waals surface area (Å²) in [4.78, 5) is 10.8. The van der Waals surface area contributed by atoms with Crippen molar-refractivity contribution < 1.29 is 9.90 Å². The fraction of sp³-hybridized carbons (Fsp3) is 0.417. The molecule has 1 aromatic carbocycles. The molecule has 1 fully saturated rings. The highest BCUT2D eigenvalue weighted by Gasteiger charge is 2.29. The second kappa shape index (κ2) is 6.56. The lowest BCUT2D eigenvalue weighted by molar-refractivity contribution is -0.139. The largest absolute Gasteiger partial charge is 0.480 e. The maximum Gasteiger partial charge on any atom is 0.320 e. The molecule has 0 bridgehead atoms. The Morgan fingerprint density at radius 2 is 2.18 bits per heavy atom. The van der Waals surface area contributed by atoms with Crippen LogP contribution in [0.25, 0.3) is 0 Å². The Kier molecular flexibility index (Phi) is 5.69. The Bertz CT molecular complexity index is 400. The lowest BCUT2D eigenvalue weighted by atomic mass is 9.97. The summed E-state index contributed by atoms with van der Waals surface area (Å²) in [7, 11) is 0. The van der Waals surface area contributed by atoms with Crippen molar-refractivity contribution in [3.8, 4) is 0 Å². The Morgan fingerprint density at radius 3 is 2.76 bits per heavy atom. The van der Waals surface area contributed by atoms with Crippen molar-refractivity contribution in [3.05, 3.63) is 33.4 Å².